The van der Waals surface area contributed by atoms with E-state index >= 15 is 0 Å². The zero-order valence-electron chi connectivity index (χ0n) is 15.2. The zero-order valence-corrected chi connectivity index (χ0v) is 15.2. The van der Waals surface area contributed by atoms with Gasteiger partial charge >= 0.3 is 5.91 Å². The van der Waals surface area contributed by atoms with Crippen LogP contribution in [-0.4, -0.2) is 17.0 Å². The Morgan fingerprint density at radius 1 is 1.10 bits per heavy atom. The van der Waals surface area contributed by atoms with Gasteiger partial charge in [-0.25, -0.2) is 5.43 Å². The molecule has 1 aromatic heterocycles. The van der Waals surface area contributed by atoms with Crippen molar-refractivity contribution in [3.05, 3.63) is 100 Å². The quantitative estimate of drug-likeness (QED) is 0.352. The summed E-state index contributed by atoms with van der Waals surface area (Å²) in [4.78, 5) is 22.5. The second-order valence-electron chi connectivity index (χ2n) is 5.76. The van der Waals surface area contributed by atoms with Crippen LogP contribution >= 0.6 is 0 Å². The van der Waals surface area contributed by atoms with E-state index in [4.69, 9.17) is 9.15 Å². The number of ether oxygens (including phenoxy) is 1. The Hall–Kier alpha value is -4.20. The number of furan rings is 1. The number of carbonyl (C=O) groups excluding carboxylic acids is 1. The minimum atomic E-state index is -0.522. The number of rotatable bonds is 8. The highest BCUT2D eigenvalue weighted by molar-refractivity contribution is 5.92. The minimum absolute atomic E-state index is 0.0120. The number of allylic oxidation sites excluding steroid dienone is 1. The van der Waals surface area contributed by atoms with Gasteiger partial charge in [0.25, 0.3) is 5.69 Å². The molecule has 1 N–H and O–H groups in total. The molecule has 0 fully saturated rings. The predicted molar refractivity (Wildman–Crippen MR) is 108 cm³/mol. The van der Waals surface area contributed by atoms with Gasteiger partial charge in [0.05, 0.1) is 10.5 Å². The van der Waals surface area contributed by atoms with E-state index in [0.29, 0.717) is 17.1 Å². The number of hydrogen-bond acceptors (Lipinski definition) is 6. The average Bonchev–Trinajstić information content (AvgIpc) is 3.22. The molecule has 3 rings (SSSR count). The number of nitrogens with zero attached hydrogens (tertiary/aromatic N) is 2. The summed E-state index contributed by atoms with van der Waals surface area (Å²) in [6.45, 7) is 0.194. The van der Waals surface area contributed by atoms with E-state index in [-0.39, 0.29) is 18.1 Å². The second-order valence-corrected chi connectivity index (χ2v) is 5.76. The van der Waals surface area contributed by atoms with Crippen molar-refractivity contribution in [2.75, 3.05) is 0 Å². The number of carbonyl (C=O) groups is 1. The third kappa shape index (κ3) is 5.64. The fraction of sp³-hybridized carbons (Fsp3) is 0.0476. The molecule has 0 bridgehead atoms. The maximum Gasteiger partial charge on any atom is 0.307 e. The van der Waals surface area contributed by atoms with Gasteiger partial charge in [0.1, 0.15) is 18.1 Å². The van der Waals surface area contributed by atoms with E-state index in [2.05, 4.69) is 10.5 Å². The van der Waals surface area contributed by atoms with Crippen molar-refractivity contribution < 1.29 is 18.9 Å². The van der Waals surface area contributed by atoms with E-state index in [1.807, 2.05) is 30.3 Å². The first-order valence-electron chi connectivity index (χ1n) is 8.63. The third-order valence-corrected chi connectivity index (χ3v) is 3.75. The molecule has 0 saturated heterocycles. The van der Waals surface area contributed by atoms with Crippen LogP contribution in [0, 0.1) is 10.1 Å². The van der Waals surface area contributed by atoms with Crippen molar-refractivity contribution in [3.63, 3.8) is 0 Å². The molecule has 29 heavy (non-hydrogen) atoms. The van der Waals surface area contributed by atoms with Crippen molar-refractivity contribution in [1.82, 2.24) is 5.43 Å². The Morgan fingerprint density at radius 3 is 2.66 bits per heavy atom. The molecule has 8 nitrogen and oxygen atoms in total. The zero-order chi connectivity index (χ0) is 20.5. The Morgan fingerprint density at radius 2 is 1.86 bits per heavy atom. The first-order chi connectivity index (χ1) is 14.1. The van der Waals surface area contributed by atoms with Crippen LogP contribution in [-0.2, 0) is 6.61 Å². The molecule has 146 valence electrons. The van der Waals surface area contributed by atoms with E-state index in [1.165, 1.54) is 30.5 Å². The third-order valence-electron chi connectivity index (χ3n) is 3.75. The number of nitro groups is 1. The first kappa shape index (κ1) is 19.6. The molecular formula is C21H17N3O5. The number of nitro benzene ring substituents is 1. The average molecular weight is 391 g/mol. The Kier molecular flexibility index (Phi) is 6.51. The van der Waals surface area contributed by atoms with Gasteiger partial charge in [0, 0.05) is 12.3 Å². The smallest absolute Gasteiger partial charge is 0.307 e. The van der Waals surface area contributed by atoms with Crippen LogP contribution < -0.4 is 10.2 Å². The number of hydrogen-bond donors (Lipinski definition) is 1. The standard InChI is InChI=1S/C21H17N3O5/c25-21(20-13-12-18(29-20)15-28-17-9-2-1-3-10-17)23-22-14-6-8-16-7-4-5-11-19(16)24(26)27/h1-14H,15H2,(H,23,25)/b8-6+,22-14-. The van der Waals surface area contributed by atoms with Gasteiger partial charge in [-0.3, -0.25) is 14.9 Å². The van der Waals surface area contributed by atoms with Crippen molar-refractivity contribution in [2.45, 2.75) is 6.61 Å². The highest BCUT2D eigenvalue weighted by Gasteiger charge is 2.11. The lowest BCUT2D eigenvalue weighted by Gasteiger charge is -2.03. The summed E-state index contributed by atoms with van der Waals surface area (Å²) in [5.74, 6) is 0.770. The number of nitrogens with one attached hydrogen (secondary N) is 1. The summed E-state index contributed by atoms with van der Waals surface area (Å²) in [5, 5.41) is 14.7. The first-order valence-corrected chi connectivity index (χ1v) is 8.63. The van der Waals surface area contributed by atoms with Gasteiger partial charge in [-0.2, -0.15) is 5.10 Å². The molecule has 0 radical (unpaired) electrons. The maximum absolute atomic E-state index is 12.0. The summed E-state index contributed by atoms with van der Waals surface area (Å²) in [5.41, 5.74) is 2.74. The lowest BCUT2D eigenvalue weighted by Crippen LogP contribution is -2.16. The number of para-hydroxylation sites is 2. The van der Waals surface area contributed by atoms with Crippen LogP contribution in [0.5, 0.6) is 5.75 Å². The number of amides is 1. The summed E-state index contributed by atoms with van der Waals surface area (Å²) in [6, 6.07) is 18.7. The van der Waals surface area contributed by atoms with Crippen LogP contribution in [0.3, 0.4) is 0 Å². The van der Waals surface area contributed by atoms with Gasteiger partial charge in [0.15, 0.2) is 5.76 Å². The topological polar surface area (TPSA) is 107 Å². The Balaban J connectivity index is 1.51. The molecule has 2 aromatic carbocycles. The van der Waals surface area contributed by atoms with Gasteiger partial charge < -0.3 is 9.15 Å². The summed E-state index contributed by atoms with van der Waals surface area (Å²) in [7, 11) is 0. The van der Waals surface area contributed by atoms with E-state index in [9.17, 15) is 14.9 Å². The monoisotopic (exact) mass is 391 g/mol. The normalized spacial score (nSPS) is 11.0. The largest absolute Gasteiger partial charge is 0.486 e. The molecular weight excluding hydrogens is 374 g/mol. The van der Waals surface area contributed by atoms with Crippen molar-refractivity contribution in [1.29, 1.82) is 0 Å². The highest BCUT2D eigenvalue weighted by Crippen LogP contribution is 2.18. The fourth-order valence-electron chi connectivity index (χ4n) is 2.38. The molecule has 0 spiro atoms. The van der Waals surface area contributed by atoms with Crippen LogP contribution in [0.1, 0.15) is 21.9 Å². The SMILES string of the molecule is O=C(N/N=C\C=C\c1ccccc1[N+](=O)[O-])c1ccc(COc2ccccc2)o1. The molecule has 0 unspecified atom stereocenters. The molecule has 8 heteroatoms. The Bertz CT molecular complexity index is 1040. The molecule has 0 aliphatic carbocycles. The van der Waals surface area contributed by atoms with Gasteiger partial charge in [-0.1, -0.05) is 30.3 Å². The van der Waals surface area contributed by atoms with Crippen LogP contribution in [0.25, 0.3) is 6.08 Å². The van der Waals surface area contributed by atoms with Crippen molar-refractivity contribution in [2.24, 2.45) is 5.10 Å². The number of benzene rings is 2. The van der Waals surface area contributed by atoms with E-state index < -0.39 is 10.8 Å². The lowest BCUT2D eigenvalue weighted by molar-refractivity contribution is -0.385. The molecule has 0 aliphatic heterocycles. The van der Waals surface area contributed by atoms with E-state index in [1.54, 1.807) is 24.3 Å². The van der Waals surface area contributed by atoms with Crippen LogP contribution in [0.15, 0.2) is 82.3 Å². The van der Waals surface area contributed by atoms with Crippen molar-refractivity contribution >= 4 is 23.9 Å². The summed E-state index contributed by atoms with van der Waals surface area (Å²) < 4.78 is 11.0. The lowest BCUT2D eigenvalue weighted by atomic mass is 10.2. The molecule has 1 amide bonds. The molecule has 3 aromatic rings. The highest BCUT2D eigenvalue weighted by atomic mass is 16.6. The van der Waals surface area contributed by atoms with Crippen LogP contribution in [0.2, 0.25) is 0 Å². The predicted octanol–water partition coefficient (Wildman–Crippen LogP) is 4.20. The van der Waals surface area contributed by atoms with Crippen LogP contribution in [0.4, 0.5) is 5.69 Å². The second kappa shape index (κ2) is 9.65. The molecule has 0 aliphatic rings. The van der Waals surface area contributed by atoms with Gasteiger partial charge in [0.2, 0.25) is 0 Å². The van der Waals surface area contributed by atoms with Crippen molar-refractivity contribution in [3.8, 4) is 5.75 Å². The number of hydrazone groups is 1. The van der Waals surface area contributed by atoms with E-state index in [0.717, 1.165) is 0 Å². The Labute approximate surface area is 166 Å². The van der Waals surface area contributed by atoms with Gasteiger partial charge in [-0.05, 0) is 42.5 Å². The summed E-state index contributed by atoms with van der Waals surface area (Å²) >= 11 is 0. The molecule has 0 saturated carbocycles. The maximum atomic E-state index is 12.0. The fourth-order valence-corrected chi connectivity index (χ4v) is 2.38. The minimum Gasteiger partial charge on any atom is -0.486 e. The summed E-state index contributed by atoms with van der Waals surface area (Å²) in [6.07, 6.45) is 4.33. The van der Waals surface area contributed by atoms with Gasteiger partial charge in [-0.15, -0.1) is 0 Å². The molecule has 1 heterocycles. The molecule has 0 atom stereocenters.